The van der Waals surface area contributed by atoms with Crippen molar-refractivity contribution in [2.75, 3.05) is 13.1 Å². The molecule has 1 aromatic rings. The molecule has 0 aromatic heterocycles. The molecule has 2 atom stereocenters. The van der Waals surface area contributed by atoms with E-state index in [0.29, 0.717) is 16.7 Å². The molecule has 0 bridgehead atoms. The van der Waals surface area contributed by atoms with Gasteiger partial charge in [-0.3, -0.25) is 0 Å². The lowest BCUT2D eigenvalue weighted by Crippen LogP contribution is -2.22. The Morgan fingerprint density at radius 2 is 1.59 bits per heavy atom. The Morgan fingerprint density at radius 1 is 1.00 bits per heavy atom. The van der Waals surface area contributed by atoms with Crippen LogP contribution in [-0.2, 0) is 9.84 Å². The first-order chi connectivity index (χ1) is 8.18. The van der Waals surface area contributed by atoms with E-state index in [1.807, 2.05) is 6.07 Å². The van der Waals surface area contributed by atoms with Crippen molar-refractivity contribution in [3.05, 3.63) is 30.3 Å². The molecule has 0 radical (unpaired) electrons. The van der Waals surface area contributed by atoms with Crippen LogP contribution in [0, 0.1) is 11.8 Å². The zero-order valence-electron chi connectivity index (χ0n) is 9.67. The number of hydrogen-bond donors (Lipinski definition) is 1. The molecule has 3 rings (SSSR count). The smallest absolute Gasteiger partial charge is 0.181 e. The third-order valence-electron chi connectivity index (χ3n) is 4.12. The minimum atomic E-state index is -3.11. The Hall–Kier alpha value is -0.870. The Labute approximate surface area is 102 Å². The van der Waals surface area contributed by atoms with Crippen LogP contribution >= 0.6 is 0 Å². The first-order valence-corrected chi connectivity index (χ1v) is 7.72. The van der Waals surface area contributed by atoms with Gasteiger partial charge in [-0.25, -0.2) is 8.42 Å². The van der Waals surface area contributed by atoms with Crippen molar-refractivity contribution in [1.82, 2.24) is 5.32 Å². The first-order valence-electron chi connectivity index (χ1n) is 6.17. The summed E-state index contributed by atoms with van der Waals surface area (Å²) in [4.78, 5) is 0.484. The second-order valence-corrected chi connectivity index (χ2v) is 7.36. The molecule has 2 fully saturated rings. The van der Waals surface area contributed by atoms with Gasteiger partial charge in [-0.1, -0.05) is 18.2 Å². The summed E-state index contributed by atoms with van der Waals surface area (Å²) in [6.45, 7) is 1.98. The molecule has 1 N–H and O–H groups in total. The van der Waals surface area contributed by atoms with Crippen LogP contribution in [-0.4, -0.2) is 26.8 Å². The minimum absolute atomic E-state index is 0.165. The quantitative estimate of drug-likeness (QED) is 0.865. The van der Waals surface area contributed by atoms with Crippen LogP contribution in [0.25, 0.3) is 0 Å². The van der Waals surface area contributed by atoms with Crippen LogP contribution in [0.5, 0.6) is 0 Å². The highest BCUT2D eigenvalue weighted by atomic mass is 32.2. The Kier molecular flexibility index (Phi) is 2.71. The second-order valence-electron chi connectivity index (χ2n) is 5.13. The van der Waals surface area contributed by atoms with Crippen LogP contribution in [0.1, 0.15) is 12.8 Å². The van der Waals surface area contributed by atoms with E-state index in [9.17, 15) is 8.42 Å². The van der Waals surface area contributed by atoms with Crippen molar-refractivity contribution in [1.29, 1.82) is 0 Å². The van der Waals surface area contributed by atoms with Gasteiger partial charge in [0, 0.05) is 0 Å². The average molecular weight is 251 g/mol. The van der Waals surface area contributed by atoms with Gasteiger partial charge in [0.1, 0.15) is 0 Å². The van der Waals surface area contributed by atoms with Gasteiger partial charge in [-0.2, -0.15) is 0 Å². The third kappa shape index (κ3) is 1.89. The number of rotatable bonds is 2. The highest BCUT2D eigenvalue weighted by molar-refractivity contribution is 7.92. The van der Waals surface area contributed by atoms with E-state index in [1.165, 1.54) is 0 Å². The minimum Gasteiger partial charge on any atom is -0.316 e. The van der Waals surface area contributed by atoms with Crippen molar-refractivity contribution >= 4 is 9.84 Å². The summed E-state index contributed by atoms with van der Waals surface area (Å²) in [6.07, 6.45) is 1.66. The molecule has 1 aromatic carbocycles. The van der Waals surface area contributed by atoms with Gasteiger partial charge in [0.15, 0.2) is 9.84 Å². The van der Waals surface area contributed by atoms with Crippen LogP contribution in [0.15, 0.2) is 35.2 Å². The van der Waals surface area contributed by atoms with E-state index < -0.39 is 9.84 Å². The van der Waals surface area contributed by atoms with E-state index in [2.05, 4.69) is 5.32 Å². The standard InChI is InChI=1S/C13H17NO2S/c15-17(16,12-4-2-1-3-5-12)13-6-10-8-14-9-11(10)7-13/h1-5,10-11,13-14H,6-9H2. The Balaban J connectivity index is 1.86. The topological polar surface area (TPSA) is 46.2 Å². The zero-order valence-corrected chi connectivity index (χ0v) is 10.5. The molecule has 0 amide bonds. The normalized spacial score (nSPS) is 32.6. The van der Waals surface area contributed by atoms with Crippen molar-refractivity contribution in [2.45, 2.75) is 23.0 Å². The third-order valence-corrected chi connectivity index (χ3v) is 6.31. The maximum absolute atomic E-state index is 12.4. The predicted molar refractivity (Wildman–Crippen MR) is 66.5 cm³/mol. The fourth-order valence-electron chi connectivity index (χ4n) is 3.17. The summed E-state index contributed by atoms with van der Waals surface area (Å²) in [5.41, 5.74) is 0. The van der Waals surface area contributed by atoms with Gasteiger partial charge in [0.05, 0.1) is 10.1 Å². The van der Waals surface area contributed by atoms with E-state index in [4.69, 9.17) is 0 Å². The van der Waals surface area contributed by atoms with E-state index in [1.54, 1.807) is 24.3 Å². The zero-order chi connectivity index (χ0) is 11.9. The number of sulfone groups is 1. The second kappa shape index (κ2) is 4.10. The van der Waals surface area contributed by atoms with E-state index in [0.717, 1.165) is 25.9 Å². The van der Waals surface area contributed by atoms with Gasteiger partial charge in [0.2, 0.25) is 0 Å². The molecule has 4 heteroatoms. The molecule has 17 heavy (non-hydrogen) atoms. The van der Waals surface area contributed by atoms with Crippen LogP contribution < -0.4 is 5.32 Å². The number of hydrogen-bond acceptors (Lipinski definition) is 3. The van der Waals surface area contributed by atoms with Crippen LogP contribution in [0.4, 0.5) is 0 Å². The molecule has 2 aliphatic rings. The van der Waals surface area contributed by atoms with E-state index >= 15 is 0 Å². The summed E-state index contributed by atoms with van der Waals surface area (Å²) < 4.78 is 24.9. The molecule has 1 saturated heterocycles. The van der Waals surface area contributed by atoms with Crippen LogP contribution in [0.2, 0.25) is 0 Å². The molecule has 1 saturated carbocycles. The van der Waals surface area contributed by atoms with Gasteiger partial charge in [-0.15, -0.1) is 0 Å². The Bertz CT molecular complexity index is 485. The first kappa shape index (κ1) is 11.2. The number of fused-ring (bicyclic) bond motifs is 1. The van der Waals surface area contributed by atoms with Crippen molar-refractivity contribution in [2.24, 2.45) is 11.8 Å². The maximum atomic E-state index is 12.4. The summed E-state index contributed by atoms with van der Waals surface area (Å²) in [5.74, 6) is 1.14. The lowest BCUT2D eigenvalue weighted by Gasteiger charge is -2.12. The molecular formula is C13H17NO2S. The predicted octanol–water partition coefficient (Wildman–Crippen LogP) is 1.46. The molecule has 92 valence electrons. The fraction of sp³-hybridized carbons (Fsp3) is 0.538. The SMILES string of the molecule is O=S(=O)(c1ccccc1)C1CC2CNCC2C1. The van der Waals surface area contributed by atoms with Crippen molar-refractivity contribution < 1.29 is 8.42 Å². The van der Waals surface area contributed by atoms with Gasteiger partial charge < -0.3 is 5.32 Å². The van der Waals surface area contributed by atoms with Crippen LogP contribution in [0.3, 0.4) is 0 Å². The lowest BCUT2D eigenvalue weighted by atomic mass is 10.0. The van der Waals surface area contributed by atoms with Gasteiger partial charge in [-0.05, 0) is 49.9 Å². The van der Waals surface area contributed by atoms with Crippen molar-refractivity contribution in [3.63, 3.8) is 0 Å². The van der Waals surface area contributed by atoms with Gasteiger partial charge in [0.25, 0.3) is 0 Å². The molecule has 1 aliphatic heterocycles. The fourth-order valence-corrected chi connectivity index (χ4v) is 5.09. The molecule has 2 unspecified atom stereocenters. The lowest BCUT2D eigenvalue weighted by molar-refractivity contribution is 0.494. The summed E-state index contributed by atoms with van der Waals surface area (Å²) in [7, 11) is -3.11. The molecule has 1 heterocycles. The molecule has 0 spiro atoms. The highest BCUT2D eigenvalue weighted by Gasteiger charge is 2.43. The summed E-state index contributed by atoms with van der Waals surface area (Å²) >= 11 is 0. The average Bonchev–Trinajstić information content (AvgIpc) is 2.90. The van der Waals surface area contributed by atoms with E-state index in [-0.39, 0.29) is 5.25 Å². The summed E-state index contributed by atoms with van der Waals surface area (Å²) in [6, 6.07) is 8.87. The highest BCUT2D eigenvalue weighted by Crippen LogP contribution is 2.39. The van der Waals surface area contributed by atoms with Crippen molar-refractivity contribution in [3.8, 4) is 0 Å². The maximum Gasteiger partial charge on any atom is 0.181 e. The largest absolute Gasteiger partial charge is 0.316 e. The molecular weight excluding hydrogens is 234 g/mol. The monoisotopic (exact) mass is 251 g/mol. The molecule has 3 nitrogen and oxygen atoms in total. The van der Waals surface area contributed by atoms with Gasteiger partial charge >= 0.3 is 0 Å². The number of nitrogens with one attached hydrogen (secondary N) is 1. The molecule has 1 aliphatic carbocycles. The number of benzene rings is 1. The Morgan fingerprint density at radius 3 is 2.18 bits per heavy atom. The summed E-state index contributed by atoms with van der Waals surface area (Å²) in [5, 5.41) is 3.18.